The lowest BCUT2D eigenvalue weighted by atomic mass is 10.0. The Balaban J connectivity index is 3.23. The number of aliphatic carboxylic acids is 1. The maximum atomic E-state index is 10.8. The van der Waals surface area contributed by atoms with Crippen LogP contribution in [0.5, 0.6) is 11.5 Å². The molecule has 0 fully saturated rings. The predicted octanol–water partition coefficient (Wildman–Crippen LogP) is 2.35. The lowest BCUT2D eigenvalue weighted by molar-refractivity contribution is -0.138. The molecule has 82 valence electrons. The molecule has 0 spiro atoms. The zero-order chi connectivity index (χ0) is 11.6. The molecule has 0 saturated carbocycles. The largest absolute Gasteiger partial charge is 0.506 e. The van der Waals surface area contributed by atoms with Crippen LogP contribution in [0.4, 0.5) is 0 Å². The first-order valence-electron chi connectivity index (χ1n) is 4.27. The van der Waals surface area contributed by atoms with E-state index in [0.29, 0.717) is 15.8 Å². The normalized spacial score (nSPS) is 12.2. The standard InChI is InChI=1S/C10H11BrO4/c1-5(10(13)14)6-3-4-7(15-2)8(11)9(6)12/h3-5,12H,1-2H3,(H,13,14). The van der Waals surface area contributed by atoms with E-state index in [1.807, 2.05) is 0 Å². The third-order valence-corrected chi connectivity index (χ3v) is 2.94. The first-order valence-corrected chi connectivity index (χ1v) is 5.06. The van der Waals surface area contributed by atoms with Gasteiger partial charge >= 0.3 is 5.97 Å². The van der Waals surface area contributed by atoms with Crippen molar-refractivity contribution >= 4 is 21.9 Å². The number of halogens is 1. The molecule has 0 bridgehead atoms. The Hall–Kier alpha value is -1.23. The van der Waals surface area contributed by atoms with Crippen LogP contribution >= 0.6 is 15.9 Å². The number of aromatic hydroxyl groups is 1. The zero-order valence-electron chi connectivity index (χ0n) is 8.32. The van der Waals surface area contributed by atoms with Crippen molar-refractivity contribution in [2.45, 2.75) is 12.8 Å². The van der Waals surface area contributed by atoms with Gasteiger partial charge in [0.1, 0.15) is 16.0 Å². The monoisotopic (exact) mass is 274 g/mol. The molecule has 0 aromatic heterocycles. The van der Waals surface area contributed by atoms with Gasteiger partial charge in [-0.1, -0.05) is 6.07 Å². The molecule has 0 heterocycles. The summed E-state index contributed by atoms with van der Waals surface area (Å²) in [6, 6.07) is 3.15. The van der Waals surface area contributed by atoms with Crippen LogP contribution in [0.1, 0.15) is 18.4 Å². The van der Waals surface area contributed by atoms with Gasteiger partial charge in [-0.2, -0.15) is 0 Å². The number of hydrogen-bond acceptors (Lipinski definition) is 3. The van der Waals surface area contributed by atoms with Gasteiger partial charge < -0.3 is 14.9 Å². The summed E-state index contributed by atoms with van der Waals surface area (Å²) in [6.07, 6.45) is 0. The highest BCUT2D eigenvalue weighted by Gasteiger charge is 2.20. The summed E-state index contributed by atoms with van der Waals surface area (Å²) >= 11 is 3.14. The second kappa shape index (κ2) is 4.53. The van der Waals surface area contributed by atoms with Gasteiger partial charge in [-0.05, 0) is 28.9 Å². The summed E-state index contributed by atoms with van der Waals surface area (Å²) in [5.41, 5.74) is 0.357. The van der Waals surface area contributed by atoms with Crippen LogP contribution in [0.25, 0.3) is 0 Å². The second-order valence-electron chi connectivity index (χ2n) is 3.08. The minimum Gasteiger partial charge on any atom is -0.506 e. The molecule has 4 nitrogen and oxygen atoms in total. The third-order valence-electron chi connectivity index (χ3n) is 2.17. The van der Waals surface area contributed by atoms with Gasteiger partial charge in [0.2, 0.25) is 0 Å². The van der Waals surface area contributed by atoms with Crippen LogP contribution in [-0.2, 0) is 4.79 Å². The van der Waals surface area contributed by atoms with Crippen molar-refractivity contribution < 1.29 is 19.7 Å². The topological polar surface area (TPSA) is 66.8 Å². The lowest BCUT2D eigenvalue weighted by Crippen LogP contribution is -2.07. The highest BCUT2D eigenvalue weighted by Crippen LogP contribution is 2.39. The van der Waals surface area contributed by atoms with Crippen molar-refractivity contribution in [3.05, 3.63) is 22.2 Å². The smallest absolute Gasteiger partial charge is 0.310 e. The number of methoxy groups -OCH3 is 1. The third kappa shape index (κ3) is 2.23. The van der Waals surface area contributed by atoms with Crippen molar-refractivity contribution in [1.29, 1.82) is 0 Å². The Morgan fingerprint density at radius 2 is 2.13 bits per heavy atom. The van der Waals surface area contributed by atoms with Crippen molar-refractivity contribution in [1.82, 2.24) is 0 Å². The van der Waals surface area contributed by atoms with Crippen molar-refractivity contribution in [3.8, 4) is 11.5 Å². The SMILES string of the molecule is COc1ccc(C(C)C(=O)O)c(O)c1Br. The molecule has 0 aliphatic rings. The number of benzene rings is 1. The summed E-state index contributed by atoms with van der Waals surface area (Å²) in [5.74, 6) is -1.37. The van der Waals surface area contributed by atoms with Gasteiger partial charge in [-0.3, -0.25) is 4.79 Å². The van der Waals surface area contributed by atoms with Crippen LogP contribution in [-0.4, -0.2) is 23.3 Å². The minimum atomic E-state index is -0.984. The fraction of sp³-hybridized carbons (Fsp3) is 0.300. The van der Waals surface area contributed by atoms with E-state index in [2.05, 4.69) is 15.9 Å². The summed E-state index contributed by atoms with van der Waals surface area (Å²) in [6.45, 7) is 1.51. The highest BCUT2D eigenvalue weighted by atomic mass is 79.9. The molecule has 0 aliphatic carbocycles. The van der Waals surface area contributed by atoms with Gasteiger partial charge in [0.15, 0.2) is 0 Å². The molecule has 15 heavy (non-hydrogen) atoms. The van der Waals surface area contributed by atoms with Gasteiger partial charge in [0.05, 0.1) is 13.0 Å². The van der Waals surface area contributed by atoms with E-state index in [0.717, 1.165) is 0 Å². The number of carboxylic acids is 1. The second-order valence-corrected chi connectivity index (χ2v) is 3.87. The fourth-order valence-electron chi connectivity index (χ4n) is 1.20. The molecule has 2 N–H and O–H groups in total. The Labute approximate surface area is 95.6 Å². The van der Waals surface area contributed by atoms with E-state index >= 15 is 0 Å². The van der Waals surface area contributed by atoms with Crippen LogP contribution in [0, 0.1) is 0 Å². The molecule has 1 atom stereocenters. The summed E-state index contributed by atoms with van der Waals surface area (Å²) in [7, 11) is 1.47. The van der Waals surface area contributed by atoms with E-state index in [9.17, 15) is 9.90 Å². The Morgan fingerprint density at radius 1 is 1.53 bits per heavy atom. The fourth-order valence-corrected chi connectivity index (χ4v) is 1.72. The Kier molecular flexibility index (Phi) is 3.57. The molecule has 0 saturated heterocycles. The maximum absolute atomic E-state index is 10.8. The van der Waals surface area contributed by atoms with Crippen LogP contribution in [0.15, 0.2) is 16.6 Å². The number of phenolic OH excluding ortho intramolecular Hbond substituents is 1. The van der Waals surface area contributed by atoms with Crippen LogP contribution in [0.3, 0.4) is 0 Å². The van der Waals surface area contributed by atoms with Crippen molar-refractivity contribution in [3.63, 3.8) is 0 Å². The quantitative estimate of drug-likeness (QED) is 0.888. The molecular weight excluding hydrogens is 264 g/mol. The van der Waals surface area contributed by atoms with Gasteiger partial charge in [-0.15, -0.1) is 0 Å². The van der Waals surface area contributed by atoms with E-state index in [1.54, 1.807) is 6.07 Å². The van der Waals surface area contributed by atoms with Gasteiger partial charge in [0, 0.05) is 5.56 Å². The maximum Gasteiger partial charge on any atom is 0.310 e. The van der Waals surface area contributed by atoms with Crippen molar-refractivity contribution in [2.75, 3.05) is 7.11 Å². The molecule has 0 aliphatic heterocycles. The number of rotatable bonds is 3. The Morgan fingerprint density at radius 3 is 2.60 bits per heavy atom. The minimum absolute atomic E-state index is 0.0933. The van der Waals surface area contributed by atoms with Gasteiger partial charge in [0.25, 0.3) is 0 Å². The first kappa shape index (κ1) is 11.8. The van der Waals surface area contributed by atoms with E-state index in [4.69, 9.17) is 9.84 Å². The van der Waals surface area contributed by atoms with Crippen LogP contribution < -0.4 is 4.74 Å². The lowest BCUT2D eigenvalue weighted by Gasteiger charge is -2.12. The van der Waals surface area contributed by atoms with E-state index in [-0.39, 0.29) is 5.75 Å². The summed E-state index contributed by atoms with van der Waals surface area (Å²) in [4.78, 5) is 10.8. The van der Waals surface area contributed by atoms with Gasteiger partial charge in [-0.25, -0.2) is 0 Å². The number of ether oxygens (including phenoxy) is 1. The van der Waals surface area contributed by atoms with Crippen molar-refractivity contribution in [2.24, 2.45) is 0 Å². The van der Waals surface area contributed by atoms with Crippen LogP contribution in [0.2, 0.25) is 0 Å². The predicted molar refractivity (Wildman–Crippen MR) is 58.4 cm³/mol. The highest BCUT2D eigenvalue weighted by molar-refractivity contribution is 9.10. The zero-order valence-corrected chi connectivity index (χ0v) is 9.91. The summed E-state index contributed by atoms with van der Waals surface area (Å²) < 4.78 is 5.34. The number of hydrogen-bond donors (Lipinski definition) is 2. The average Bonchev–Trinajstić information content (AvgIpc) is 2.21. The summed E-state index contributed by atoms with van der Waals surface area (Å²) in [5, 5.41) is 18.6. The Bertz CT molecular complexity index is 389. The molecule has 1 aromatic rings. The number of carboxylic acid groups (broad SMARTS) is 1. The first-order chi connectivity index (χ1) is 6.99. The van der Waals surface area contributed by atoms with E-state index in [1.165, 1.54) is 20.1 Å². The molecule has 1 aromatic carbocycles. The van der Waals surface area contributed by atoms with E-state index < -0.39 is 11.9 Å². The molecule has 0 radical (unpaired) electrons. The average molecular weight is 275 g/mol. The molecular formula is C10H11BrO4. The molecule has 1 unspecified atom stereocenters. The number of phenols is 1. The molecule has 0 amide bonds. The molecule has 1 rings (SSSR count). The number of carbonyl (C=O) groups is 1. The molecule has 5 heteroatoms.